The van der Waals surface area contributed by atoms with Crippen LogP contribution in [-0.2, 0) is 43.9 Å². The summed E-state index contributed by atoms with van der Waals surface area (Å²) >= 11 is 0. The van der Waals surface area contributed by atoms with Gasteiger partial charge in [-0.2, -0.15) is 4.31 Å². The van der Waals surface area contributed by atoms with Crippen LogP contribution < -0.4 is 14.8 Å². The number of hydrogen-bond donors (Lipinski definition) is 1. The van der Waals surface area contributed by atoms with Crippen molar-refractivity contribution in [3.05, 3.63) is 120 Å². The molecular formula is C35H38N4O7S. The average Bonchev–Trinajstić information content (AvgIpc) is 3.12. The second-order valence-electron chi connectivity index (χ2n) is 10.9. The van der Waals surface area contributed by atoms with Gasteiger partial charge < -0.3 is 24.4 Å². The summed E-state index contributed by atoms with van der Waals surface area (Å²) in [6.07, 6.45) is 1.93. The first-order chi connectivity index (χ1) is 22.8. The number of morpholine rings is 1. The van der Waals surface area contributed by atoms with Crippen LogP contribution in [0.4, 0.5) is 0 Å². The normalized spacial score (nSPS) is 14.1. The number of rotatable bonds is 14. The summed E-state index contributed by atoms with van der Waals surface area (Å²) in [5.41, 5.74) is 2.37. The molecular weight excluding hydrogens is 620 g/mol. The fourth-order valence-corrected chi connectivity index (χ4v) is 6.56. The van der Waals surface area contributed by atoms with Crippen LogP contribution in [0.3, 0.4) is 0 Å². The monoisotopic (exact) mass is 658 g/mol. The van der Waals surface area contributed by atoms with Crippen molar-refractivity contribution >= 4 is 21.8 Å². The van der Waals surface area contributed by atoms with Gasteiger partial charge in [0.15, 0.2) is 6.61 Å². The lowest BCUT2D eigenvalue weighted by atomic mass is 10.0. The van der Waals surface area contributed by atoms with Gasteiger partial charge in [-0.25, -0.2) is 8.42 Å². The number of carbonyl (C=O) groups is 2. The van der Waals surface area contributed by atoms with Crippen LogP contribution in [0.1, 0.15) is 16.8 Å². The Morgan fingerprint density at radius 3 is 2.23 bits per heavy atom. The number of pyridine rings is 1. The second-order valence-corrected chi connectivity index (χ2v) is 12.8. The highest BCUT2D eigenvalue weighted by Crippen LogP contribution is 2.22. The zero-order valence-corrected chi connectivity index (χ0v) is 27.0. The number of carbonyl (C=O) groups excluding carboxylic acids is 2. The van der Waals surface area contributed by atoms with Crippen molar-refractivity contribution in [3.63, 3.8) is 0 Å². The Morgan fingerprint density at radius 1 is 0.894 bits per heavy atom. The Balaban J connectivity index is 1.36. The first-order valence-electron chi connectivity index (χ1n) is 15.3. The SMILES string of the molecule is COc1ccc(CN(C(=O)COc2ccc(S(=O)(=O)N3CCOCC3)cc2)C(Cc2ccccc2)C(=O)NCc2ccccn2)cc1. The maximum Gasteiger partial charge on any atom is 0.261 e. The molecule has 0 radical (unpaired) electrons. The number of amides is 2. The fraction of sp³-hybridized carbons (Fsp3) is 0.286. The molecule has 1 atom stereocenters. The van der Waals surface area contributed by atoms with E-state index >= 15 is 0 Å². The van der Waals surface area contributed by atoms with Gasteiger partial charge in [0, 0.05) is 32.3 Å². The van der Waals surface area contributed by atoms with Crippen LogP contribution in [0.2, 0.25) is 0 Å². The lowest BCUT2D eigenvalue weighted by molar-refractivity contribution is -0.142. The van der Waals surface area contributed by atoms with Gasteiger partial charge >= 0.3 is 0 Å². The standard InChI is InChI=1S/C35H38N4O7S/c1-44-30-12-10-28(11-13-30)25-39(33(23-27-7-3-2-4-8-27)35(41)37-24-29-9-5-6-18-36-29)34(40)26-46-31-14-16-32(17-15-31)47(42,43)38-19-21-45-22-20-38/h2-18,33H,19-26H2,1H3,(H,37,41). The number of aromatic nitrogens is 1. The summed E-state index contributed by atoms with van der Waals surface area (Å²) in [5, 5.41) is 2.95. The van der Waals surface area contributed by atoms with Crippen molar-refractivity contribution in [3.8, 4) is 11.5 Å². The first-order valence-corrected chi connectivity index (χ1v) is 16.7. The topological polar surface area (TPSA) is 127 Å². The van der Waals surface area contributed by atoms with E-state index < -0.39 is 22.0 Å². The molecule has 3 aromatic carbocycles. The number of benzene rings is 3. The number of ether oxygens (including phenoxy) is 3. The van der Waals surface area contributed by atoms with E-state index in [9.17, 15) is 18.0 Å². The van der Waals surface area contributed by atoms with E-state index in [1.807, 2.05) is 54.6 Å². The third-order valence-corrected chi connectivity index (χ3v) is 9.66. The Labute approximate surface area is 275 Å². The quantitative estimate of drug-likeness (QED) is 0.218. The second kappa shape index (κ2) is 16.2. The molecule has 1 N–H and O–H groups in total. The van der Waals surface area contributed by atoms with E-state index in [0.717, 1.165) is 11.1 Å². The molecule has 1 fully saturated rings. The summed E-state index contributed by atoms with van der Waals surface area (Å²) in [7, 11) is -2.10. The molecule has 0 bridgehead atoms. The zero-order chi connectivity index (χ0) is 33.1. The van der Waals surface area contributed by atoms with Gasteiger partial charge in [-0.3, -0.25) is 14.6 Å². The van der Waals surface area contributed by atoms with Gasteiger partial charge in [0.25, 0.3) is 5.91 Å². The van der Waals surface area contributed by atoms with Crippen LogP contribution in [0, 0.1) is 0 Å². The van der Waals surface area contributed by atoms with Crippen molar-refractivity contribution in [2.75, 3.05) is 40.0 Å². The van der Waals surface area contributed by atoms with E-state index in [1.165, 1.54) is 33.5 Å². The lowest BCUT2D eigenvalue weighted by Crippen LogP contribution is -2.51. The van der Waals surface area contributed by atoms with Crippen molar-refractivity contribution in [2.45, 2.75) is 30.4 Å². The van der Waals surface area contributed by atoms with Gasteiger partial charge in [-0.1, -0.05) is 48.5 Å². The number of nitrogens with one attached hydrogen (secondary N) is 1. The van der Waals surface area contributed by atoms with Crippen molar-refractivity contribution < 1.29 is 32.2 Å². The molecule has 0 spiro atoms. The molecule has 11 nitrogen and oxygen atoms in total. The van der Waals surface area contributed by atoms with E-state index in [4.69, 9.17) is 14.2 Å². The predicted molar refractivity (Wildman–Crippen MR) is 175 cm³/mol. The first kappa shape index (κ1) is 33.6. The third kappa shape index (κ3) is 9.16. The minimum absolute atomic E-state index is 0.131. The van der Waals surface area contributed by atoms with E-state index in [2.05, 4.69) is 10.3 Å². The van der Waals surface area contributed by atoms with Crippen molar-refractivity contribution in [1.29, 1.82) is 0 Å². The van der Waals surface area contributed by atoms with E-state index in [1.54, 1.807) is 31.5 Å². The summed E-state index contributed by atoms with van der Waals surface area (Å²) in [6, 6.07) is 27.4. The van der Waals surface area contributed by atoms with Gasteiger partial charge in [-0.05, 0) is 59.7 Å². The minimum Gasteiger partial charge on any atom is -0.497 e. The fourth-order valence-electron chi connectivity index (χ4n) is 5.15. The lowest BCUT2D eigenvalue weighted by Gasteiger charge is -2.31. The van der Waals surface area contributed by atoms with E-state index in [-0.39, 0.29) is 36.9 Å². The molecule has 1 unspecified atom stereocenters. The molecule has 1 saturated heterocycles. The molecule has 12 heteroatoms. The van der Waals surface area contributed by atoms with Gasteiger partial charge in [0.2, 0.25) is 15.9 Å². The van der Waals surface area contributed by atoms with Crippen molar-refractivity contribution in [1.82, 2.24) is 19.5 Å². The molecule has 5 rings (SSSR count). The van der Waals surface area contributed by atoms with Crippen LogP contribution in [-0.4, -0.2) is 80.5 Å². The highest BCUT2D eigenvalue weighted by Gasteiger charge is 2.31. The molecule has 0 saturated carbocycles. The van der Waals surface area contributed by atoms with Gasteiger partial charge in [-0.15, -0.1) is 0 Å². The maximum absolute atomic E-state index is 14.0. The number of methoxy groups -OCH3 is 1. The largest absolute Gasteiger partial charge is 0.497 e. The molecule has 47 heavy (non-hydrogen) atoms. The smallest absolute Gasteiger partial charge is 0.261 e. The van der Waals surface area contributed by atoms with Crippen LogP contribution in [0.5, 0.6) is 11.5 Å². The third-order valence-electron chi connectivity index (χ3n) is 7.75. The molecule has 2 amide bonds. The molecule has 1 aromatic heterocycles. The number of nitrogens with zero attached hydrogens (tertiary/aromatic N) is 3. The van der Waals surface area contributed by atoms with Crippen LogP contribution in [0.25, 0.3) is 0 Å². The molecule has 4 aromatic rings. The molecule has 2 heterocycles. The summed E-state index contributed by atoms with van der Waals surface area (Å²) in [5.74, 6) is 0.240. The highest BCUT2D eigenvalue weighted by molar-refractivity contribution is 7.89. The predicted octanol–water partition coefficient (Wildman–Crippen LogP) is 3.45. The average molecular weight is 659 g/mol. The highest BCUT2D eigenvalue weighted by atomic mass is 32.2. The molecule has 1 aliphatic heterocycles. The zero-order valence-electron chi connectivity index (χ0n) is 26.2. The minimum atomic E-state index is -3.67. The Kier molecular flexibility index (Phi) is 11.6. The van der Waals surface area contributed by atoms with Crippen molar-refractivity contribution in [2.24, 2.45) is 0 Å². The van der Waals surface area contributed by atoms with E-state index in [0.29, 0.717) is 43.5 Å². The Hall–Kier alpha value is -4.78. The van der Waals surface area contributed by atoms with Gasteiger partial charge in [0.1, 0.15) is 17.5 Å². The summed E-state index contributed by atoms with van der Waals surface area (Å²) < 4.78 is 43.9. The molecule has 0 aliphatic carbocycles. The van der Waals surface area contributed by atoms with Crippen LogP contribution >= 0.6 is 0 Å². The Bertz CT molecular complexity index is 1700. The number of sulfonamides is 1. The number of hydrogen-bond acceptors (Lipinski definition) is 8. The van der Waals surface area contributed by atoms with Gasteiger partial charge in [0.05, 0.1) is 37.5 Å². The molecule has 246 valence electrons. The molecule has 1 aliphatic rings. The maximum atomic E-state index is 14.0. The summed E-state index contributed by atoms with van der Waals surface area (Å²) in [4.78, 5) is 33.7. The summed E-state index contributed by atoms with van der Waals surface area (Å²) in [6.45, 7) is 1.25. The Morgan fingerprint density at radius 2 is 1.57 bits per heavy atom. The van der Waals surface area contributed by atoms with Crippen LogP contribution in [0.15, 0.2) is 108 Å².